The highest BCUT2D eigenvalue weighted by Crippen LogP contribution is 2.62. The summed E-state index contributed by atoms with van der Waals surface area (Å²) < 4.78 is 34.3. The Labute approximate surface area is 124 Å². The zero-order valence-corrected chi connectivity index (χ0v) is 13.2. The van der Waals surface area contributed by atoms with Crippen LogP contribution in [0.4, 0.5) is 8.78 Å². The lowest BCUT2D eigenvalue weighted by Gasteiger charge is -2.12. The van der Waals surface area contributed by atoms with Crippen LogP contribution in [0, 0.1) is 10.8 Å². The molecule has 21 heavy (non-hydrogen) atoms. The first-order valence-corrected chi connectivity index (χ1v) is 7.05. The summed E-state index contributed by atoms with van der Waals surface area (Å²) in [5.74, 6) is 0.382. The summed E-state index contributed by atoms with van der Waals surface area (Å²) in [5, 5.41) is 3.49. The molecule has 0 atom stereocenters. The van der Waals surface area contributed by atoms with Gasteiger partial charge in [-0.1, -0.05) is 33.8 Å². The summed E-state index contributed by atoms with van der Waals surface area (Å²) in [6.07, 6.45) is 0. The molecule has 3 nitrogen and oxygen atoms in total. The predicted octanol–water partition coefficient (Wildman–Crippen LogP) is 3.82. The third-order valence-electron chi connectivity index (χ3n) is 4.98. The molecule has 0 amide bonds. The van der Waals surface area contributed by atoms with Gasteiger partial charge in [-0.15, -0.1) is 0 Å². The third kappa shape index (κ3) is 2.98. The first-order valence-electron chi connectivity index (χ1n) is 7.05. The average molecular weight is 299 g/mol. The Morgan fingerprint density at radius 3 is 2.24 bits per heavy atom. The van der Waals surface area contributed by atoms with E-state index in [4.69, 9.17) is 4.74 Å². The number of hydrogen-bond donors (Lipinski definition) is 1. The topological polar surface area (TPSA) is 30.5 Å². The molecular formula is C16H23F2NO2. The lowest BCUT2D eigenvalue weighted by atomic mass is 10.0. The van der Waals surface area contributed by atoms with Crippen molar-refractivity contribution in [2.75, 3.05) is 7.11 Å². The van der Waals surface area contributed by atoms with Crippen LogP contribution in [0.2, 0.25) is 0 Å². The predicted molar refractivity (Wildman–Crippen MR) is 77.8 cm³/mol. The van der Waals surface area contributed by atoms with Crippen LogP contribution in [-0.4, -0.2) is 19.8 Å². The molecular weight excluding hydrogens is 276 g/mol. The van der Waals surface area contributed by atoms with Gasteiger partial charge in [-0.2, -0.15) is 8.78 Å². The first kappa shape index (κ1) is 16.0. The molecule has 1 saturated carbocycles. The van der Waals surface area contributed by atoms with Crippen LogP contribution in [-0.2, 0) is 6.54 Å². The summed E-state index contributed by atoms with van der Waals surface area (Å²) in [6.45, 7) is 6.66. The van der Waals surface area contributed by atoms with Gasteiger partial charge in [0.1, 0.15) is 0 Å². The molecule has 0 spiro atoms. The molecule has 0 aromatic heterocycles. The van der Waals surface area contributed by atoms with Crippen LogP contribution >= 0.6 is 0 Å². The average Bonchev–Trinajstić information content (AvgIpc) is 2.76. The largest absolute Gasteiger partial charge is 0.493 e. The second kappa shape index (κ2) is 5.44. The van der Waals surface area contributed by atoms with E-state index in [0.717, 1.165) is 5.56 Å². The summed E-state index contributed by atoms with van der Waals surface area (Å²) in [7, 11) is 1.43. The summed E-state index contributed by atoms with van der Waals surface area (Å²) >= 11 is 0. The Balaban J connectivity index is 2.05. The maximum Gasteiger partial charge on any atom is 0.387 e. The molecule has 1 N–H and O–H groups in total. The van der Waals surface area contributed by atoms with Crippen molar-refractivity contribution >= 4 is 0 Å². The van der Waals surface area contributed by atoms with Crippen LogP contribution in [0.3, 0.4) is 0 Å². The van der Waals surface area contributed by atoms with E-state index < -0.39 is 6.61 Å². The standard InChI is InChI=1S/C16H23F2NO2/c1-15(2)13(16(15,3)4)19-9-10-6-7-11(20-5)12(8-10)21-14(17)18/h6-8,13-14,19H,9H2,1-5H3. The van der Waals surface area contributed by atoms with E-state index in [9.17, 15) is 8.78 Å². The van der Waals surface area contributed by atoms with Crippen molar-refractivity contribution in [1.82, 2.24) is 5.32 Å². The van der Waals surface area contributed by atoms with Crippen molar-refractivity contribution < 1.29 is 18.3 Å². The number of methoxy groups -OCH3 is 1. The number of ether oxygens (including phenoxy) is 2. The molecule has 1 aromatic carbocycles. The fraction of sp³-hybridized carbons (Fsp3) is 0.625. The summed E-state index contributed by atoms with van der Waals surface area (Å²) in [6, 6.07) is 5.51. The van der Waals surface area contributed by atoms with E-state index in [2.05, 4.69) is 37.7 Å². The van der Waals surface area contributed by atoms with E-state index in [1.54, 1.807) is 12.1 Å². The molecule has 0 aliphatic heterocycles. The van der Waals surface area contributed by atoms with Gasteiger partial charge in [0.2, 0.25) is 0 Å². The van der Waals surface area contributed by atoms with Crippen molar-refractivity contribution in [3.05, 3.63) is 23.8 Å². The normalized spacial score (nSPS) is 19.6. The van der Waals surface area contributed by atoms with Gasteiger partial charge in [0.15, 0.2) is 11.5 Å². The number of benzene rings is 1. The molecule has 0 bridgehead atoms. The minimum absolute atomic E-state index is 0.0705. The number of alkyl halides is 2. The summed E-state index contributed by atoms with van der Waals surface area (Å²) in [4.78, 5) is 0. The van der Waals surface area contributed by atoms with Crippen molar-refractivity contribution in [3.8, 4) is 11.5 Å². The lowest BCUT2D eigenvalue weighted by molar-refractivity contribution is -0.0512. The molecule has 118 valence electrons. The van der Waals surface area contributed by atoms with Crippen LogP contribution in [0.5, 0.6) is 11.5 Å². The molecule has 1 aliphatic rings. The monoisotopic (exact) mass is 299 g/mol. The van der Waals surface area contributed by atoms with Gasteiger partial charge in [0.05, 0.1) is 7.11 Å². The Bertz CT molecular complexity index is 501. The molecule has 0 unspecified atom stereocenters. The lowest BCUT2D eigenvalue weighted by Crippen LogP contribution is -2.21. The fourth-order valence-corrected chi connectivity index (χ4v) is 2.95. The maximum atomic E-state index is 12.4. The molecule has 1 fully saturated rings. The van der Waals surface area contributed by atoms with Gasteiger partial charge < -0.3 is 14.8 Å². The highest BCUT2D eigenvalue weighted by Gasteiger charge is 2.64. The Morgan fingerprint density at radius 2 is 1.76 bits per heavy atom. The highest BCUT2D eigenvalue weighted by molar-refractivity contribution is 5.43. The Kier molecular flexibility index (Phi) is 4.15. The number of hydrogen-bond acceptors (Lipinski definition) is 3. The Morgan fingerprint density at radius 1 is 1.14 bits per heavy atom. The fourth-order valence-electron chi connectivity index (χ4n) is 2.95. The Hall–Kier alpha value is -1.36. The van der Waals surface area contributed by atoms with E-state index in [1.165, 1.54) is 7.11 Å². The number of halogens is 2. The van der Waals surface area contributed by atoms with Gasteiger partial charge in [-0.25, -0.2) is 0 Å². The highest BCUT2D eigenvalue weighted by atomic mass is 19.3. The van der Waals surface area contributed by atoms with E-state index >= 15 is 0 Å². The van der Waals surface area contributed by atoms with E-state index in [0.29, 0.717) is 18.3 Å². The third-order valence-corrected chi connectivity index (χ3v) is 4.98. The van der Waals surface area contributed by atoms with Crippen LogP contribution < -0.4 is 14.8 Å². The van der Waals surface area contributed by atoms with Crippen molar-refractivity contribution in [3.63, 3.8) is 0 Å². The van der Waals surface area contributed by atoms with Gasteiger partial charge in [-0.3, -0.25) is 0 Å². The molecule has 0 heterocycles. The second-order valence-corrected chi connectivity index (χ2v) is 6.62. The van der Waals surface area contributed by atoms with E-state index in [-0.39, 0.29) is 16.6 Å². The zero-order chi connectivity index (χ0) is 15.8. The van der Waals surface area contributed by atoms with Crippen LogP contribution in [0.15, 0.2) is 18.2 Å². The van der Waals surface area contributed by atoms with Gasteiger partial charge in [0.25, 0.3) is 0 Å². The van der Waals surface area contributed by atoms with Crippen molar-refractivity contribution in [1.29, 1.82) is 0 Å². The second-order valence-electron chi connectivity index (χ2n) is 6.62. The molecule has 0 saturated heterocycles. The van der Waals surface area contributed by atoms with E-state index in [1.807, 2.05) is 6.07 Å². The first-order chi connectivity index (χ1) is 9.70. The minimum Gasteiger partial charge on any atom is -0.493 e. The van der Waals surface area contributed by atoms with Crippen LogP contribution in [0.25, 0.3) is 0 Å². The van der Waals surface area contributed by atoms with Crippen LogP contribution in [0.1, 0.15) is 33.3 Å². The minimum atomic E-state index is -2.86. The molecule has 5 heteroatoms. The van der Waals surface area contributed by atoms with Gasteiger partial charge in [0, 0.05) is 12.6 Å². The summed E-state index contributed by atoms with van der Waals surface area (Å²) in [5.41, 5.74) is 1.37. The van der Waals surface area contributed by atoms with Crippen molar-refractivity contribution in [2.45, 2.75) is 46.9 Å². The molecule has 1 aliphatic carbocycles. The van der Waals surface area contributed by atoms with Crippen molar-refractivity contribution in [2.24, 2.45) is 10.8 Å². The number of nitrogens with one attached hydrogen (secondary N) is 1. The maximum absolute atomic E-state index is 12.4. The van der Waals surface area contributed by atoms with Gasteiger partial charge in [-0.05, 0) is 28.5 Å². The quantitative estimate of drug-likeness (QED) is 0.866. The molecule has 0 radical (unpaired) electrons. The molecule has 2 rings (SSSR count). The number of rotatable bonds is 6. The zero-order valence-electron chi connectivity index (χ0n) is 13.2. The SMILES string of the molecule is COc1ccc(CNC2C(C)(C)C2(C)C)cc1OC(F)F. The van der Waals surface area contributed by atoms with Gasteiger partial charge >= 0.3 is 6.61 Å². The molecule has 1 aromatic rings. The smallest absolute Gasteiger partial charge is 0.387 e.